The van der Waals surface area contributed by atoms with E-state index in [9.17, 15) is 9.90 Å². The highest BCUT2D eigenvalue weighted by atomic mass is 16.5. The third-order valence-electron chi connectivity index (χ3n) is 5.30. The van der Waals surface area contributed by atoms with Crippen LogP contribution in [0.15, 0.2) is 60.9 Å². The fourth-order valence-corrected chi connectivity index (χ4v) is 3.64. The molecule has 1 fully saturated rings. The number of phenolic OH excluding ortho intramolecular Hbond substituents is 1. The molecule has 1 amide bonds. The van der Waals surface area contributed by atoms with Crippen molar-refractivity contribution in [2.45, 2.75) is 6.54 Å². The SMILES string of the molecule is COc1ccc(CNC(=O)c2cc(-c3ccncc3)ccc2N2CCOCC2)cc1O. The lowest BCUT2D eigenvalue weighted by molar-refractivity contribution is 0.0949. The summed E-state index contributed by atoms with van der Waals surface area (Å²) >= 11 is 0. The first-order chi connectivity index (χ1) is 15.2. The van der Waals surface area contributed by atoms with Gasteiger partial charge in [0.25, 0.3) is 5.91 Å². The summed E-state index contributed by atoms with van der Waals surface area (Å²) in [4.78, 5) is 19.5. The third kappa shape index (κ3) is 4.78. The minimum absolute atomic E-state index is 0.0444. The number of ether oxygens (including phenoxy) is 2. The van der Waals surface area contributed by atoms with Crippen molar-refractivity contribution < 1.29 is 19.4 Å². The third-order valence-corrected chi connectivity index (χ3v) is 5.30. The Morgan fingerprint density at radius 2 is 1.87 bits per heavy atom. The van der Waals surface area contributed by atoms with Crippen molar-refractivity contribution >= 4 is 11.6 Å². The molecule has 2 heterocycles. The highest BCUT2D eigenvalue weighted by Gasteiger charge is 2.20. The molecule has 0 radical (unpaired) electrons. The smallest absolute Gasteiger partial charge is 0.253 e. The van der Waals surface area contributed by atoms with Gasteiger partial charge in [0.05, 0.1) is 25.9 Å². The zero-order valence-corrected chi connectivity index (χ0v) is 17.4. The summed E-state index contributed by atoms with van der Waals surface area (Å²) in [5.41, 5.74) is 4.22. The van der Waals surface area contributed by atoms with Crippen LogP contribution in [0.3, 0.4) is 0 Å². The number of benzene rings is 2. The van der Waals surface area contributed by atoms with Gasteiger partial charge < -0.3 is 24.8 Å². The van der Waals surface area contributed by atoms with E-state index in [1.165, 1.54) is 7.11 Å². The Hall–Kier alpha value is -3.58. The first kappa shape index (κ1) is 20.7. The lowest BCUT2D eigenvalue weighted by Crippen LogP contribution is -2.38. The number of pyridine rings is 1. The number of hydrogen-bond acceptors (Lipinski definition) is 6. The Labute approximate surface area is 181 Å². The summed E-state index contributed by atoms with van der Waals surface area (Å²) in [6.45, 7) is 3.04. The van der Waals surface area contributed by atoms with Gasteiger partial charge >= 0.3 is 0 Å². The van der Waals surface area contributed by atoms with Crippen molar-refractivity contribution in [1.29, 1.82) is 0 Å². The molecule has 160 valence electrons. The van der Waals surface area contributed by atoms with Crippen LogP contribution in [0.2, 0.25) is 0 Å². The molecule has 0 aliphatic carbocycles. The second-order valence-corrected chi connectivity index (χ2v) is 7.26. The van der Waals surface area contributed by atoms with Crippen LogP contribution >= 0.6 is 0 Å². The molecule has 3 aromatic rings. The number of hydrogen-bond donors (Lipinski definition) is 2. The van der Waals surface area contributed by atoms with Gasteiger partial charge in [0.1, 0.15) is 0 Å². The number of carbonyl (C=O) groups excluding carboxylic acids is 1. The first-order valence-electron chi connectivity index (χ1n) is 10.2. The Balaban J connectivity index is 1.60. The minimum atomic E-state index is -0.173. The van der Waals surface area contributed by atoms with E-state index in [0.717, 1.165) is 35.5 Å². The van der Waals surface area contributed by atoms with Gasteiger partial charge in [0.2, 0.25) is 0 Å². The maximum atomic E-state index is 13.2. The second-order valence-electron chi connectivity index (χ2n) is 7.26. The van der Waals surface area contributed by atoms with Gasteiger partial charge in [-0.3, -0.25) is 9.78 Å². The number of aromatic hydroxyl groups is 1. The second kappa shape index (κ2) is 9.49. The molecule has 0 bridgehead atoms. The largest absolute Gasteiger partial charge is 0.504 e. The predicted molar refractivity (Wildman–Crippen MR) is 119 cm³/mol. The van der Waals surface area contributed by atoms with E-state index in [0.29, 0.717) is 31.1 Å². The number of carbonyl (C=O) groups is 1. The van der Waals surface area contributed by atoms with Gasteiger partial charge in [0.15, 0.2) is 11.5 Å². The summed E-state index contributed by atoms with van der Waals surface area (Å²) in [7, 11) is 1.50. The quantitative estimate of drug-likeness (QED) is 0.638. The molecule has 0 atom stereocenters. The van der Waals surface area contributed by atoms with Crippen molar-refractivity contribution in [1.82, 2.24) is 10.3 Å². The van der Waals surface area contributed by atoms with Crippen molar-refractivity contribution in [2.24, 2.45) is 0 Å². The van der Waals surface area contributed by atoms with Gasteiger partial charge in [-0.2, -0.15) is 0 Å². The van der Waals surface area contributed by atoms with Crippen LogP contribution in [0.5, 0.6) is 11.5 Å². The predicted octanol–water partition coefficient (Wildman–Crippen LogP) is 3.23. The van der Waals surface area contributed by atoms with E-state index in [2.05, 4.69) is 15.2 Å². The Kier molecular flexibility index (Phi) is 6.33. The molecule has 1 aliphatic heterocycles. The molecule has 0 unspecified atom stereocenters. The van der Waals surface area contributed by atoms with Gasteiger partial charge in [-0.1, -0.05) is 12.1 Å². The maximum Gasteiger partial charge on any atom is 0.253 e. The highest BCUT2D eigenvalue weighted by Crippen LogP contribution is 2.29. The van der Waals surface area contributed by atoms with E-state index in [1.807, 2.05) is 36.4 Å². The van der Waals surface area contributed by atoms with E-state index in [1.54, 1.807) is 24.5 Å². The first-order valence-corrected chi connectivity index (χ1v) is 10.2. The number of rotatable bonds is 6. The molecule has 7 heteroatoms. The minimum Gasteiger partial charge on any atom is -0.504 e. The average Bonchev–Trinajstić information content (AvgIpc) is 2.83. The fraction of sp³-hybridized carbons (Fsp3) is 0.250. The molecule has 31 heavy (non-hydrogen) atoms. The molecule has 1 saturated heterocycles. The molecular formula is C24H25N3O4. The van der Waals surface area contributed by atoms with Crippen molar-refractivity contribution in [3.8, 4) is 22.6 Å². The number of amides is 1. The van der Waals surface area contributed by atoms with Gasteiger partial charge in [-0.05, 0) is 53.1 Å². The fourth-order valence-electron chi connectivity index (χ4n) is 3.64. The van der Waals surface area contributed by atoms with Crippen LogP contribution in [0, 0.1) is 0 Å². The Bertz CT molecular complexity index is 1050. The lowest BCUT2D eigenvalue weighted by atomic mass is 10.0. The van der Waals surface area contributed by atoms with E-state index in [-0.39, 0.29) is 11.7 Å². The zero-order chi connectivity index (χ0) is 21.6. The molecular weight excluding hydrogens is 394 g/mol. The summed E-state index contributed by atoms with van der Waals surface area (Å²) < 4.78 is 10.5. The molecule has 2 aromatic carbocycles. The maximum absolute atomic E-state index is 13.2. The number of anilines is 1. The van der Waals surface area contributed by atoms with Crippen LogP contribution in [0.25, 0.3) is 11.1 Å². The van der Waals surface area contributed by atoms with Gasteiger partial charge in [-0.25, -0.2) is 0 Å². The molecule has 0 spiro atoms. The van der Waals surface area contributed by atoms with Crippen LogP contribution in [0.4, 0.5) is 5.69 Å². The number of nitrogens with one attached hydrogen (secondary N) is 1. The lowest BCUT2D eigenvalue weighted by Gasteiger charge is -2.30. The molecule has 0 saturated carbocycles. The summed E-state index contributed by atoms with van der Waals surface area (Å²) in [6.07, 6.45) is 3.47. The average molecular weight is 419 g/mol. The topological polar surface area (TPSA) is 83.9 Å². The number of nitrogens with zero attached hydrogens (tertiary/aromatic N) is 2. The number of aromatic nitrogens is 1. The number of morpholine rings is 1. The summed E-state index contributed by atoms with van der Waals surface area (Å²) in [5.74, 6) is 0.269. The van der Waals surface area contributed by atoms with Gasteiger partial charge in [0, 0.05) is 37.7 Å². The number of phenols is 1. The van der Waals surface area contributed by atoms with Crippen molar-refractivity contribution in [3.63, 3.8) is 0 Å². The molecule has 7 nitrogen and oxygen atoms in total. The monoisotopic (exact) mass is 419 g/mol. The molecule has 2 N–H and O–H groups in total. The Morgan fingerprint density at radius 1 is 1.10 bits per heavy atom. The number of methoxy groups -OCH3 is 1. The van der Waals surface area contributed by atoms with Crippen LogP contribution in [-0.2, 0) is 11.3 Å². The van der Waals surface area contributed by atoms with Crippen molar-refractivity contribution in [3.05, 3.63) is 72.1 Å². The van der Waals surface area contributed by atoms with Crippen LogP contribution in [-0.4, -0.2) is 49.4 Å². The Morgan fingerprint density at radius 3 is 2.58 bits per heavy atom. The van der Waals surface area contributed by atoms with E-state index >= 15 is 0 Å². The molecule has 1 aromatic heterocycles. The van der Waals surface area contributed by atoms with Crippen LogP contribution < -0.4 is 15.0 Å². The standard InChI is InChI=1S/C24H25N3O4/c1-30-23-5-2-17(14-22(23)28)16-26-24(29)20-15-19(18-6-8-25-9-7-18)3-4-21(20)27-10-12-31-13-11-27/h2-9,14-15,28H,10-13,16H2,1H3,(H,26,29). The molecule has 1 aliphatic rings. The molecule has 4 rings (SSSR count). The van der Waals surface area contributed by atoms with E-state index < -0.39 is 0 Å². The van der Waals surface area contributed by atoms with Crippen LogP contribution in [0.1, 0.15) is 15.9 Å². The highest BCUT2D eigenvalue weighted by molar-refractivity contribution is 6.01. The van der Waals surface area contributed by atoms with Gasteiger partial charge in [-0.15, -0.1) is 0 Å². The zero-order valence-electron chi connectivity index (χ0n) is 17.4. The normalized spacial score (nSPS) is 13.6. The summed E-state index contributed by atoms with van der Waals surface area (Å²) in [6, 6.07) is 14.9. The summed E-state index contributed by atoms with van der Waals surface area (Å²) in [5, 5.41) is 13.0. The van der Waals surface area contributed by atoms with Crippen molar-refractivity contribution in [2.75, 3.05) is 38.3 Å². The van der Waals surface area contributed by atoms with E-state index in [4.69, 9.17) is 9.47 Å².